The highest BCUT2D eigenvalue weighted by Crippen LogP contribution is 2.41. The number of benzene rings is 1. The first kappa shape index (κ1) is 17.5. The molecule has 0 amide bonds. The van der Waals surface area contributed by atoms with Gasteiger partial charge in [0.15, 0.2) is 5.82 Å². The minimum Gasteiger partial charge on any atom is -0.336 e. The first-order valence-corrected chi connectivity index (χ1v) is 9.64. The molecule has 3 aromatic rings. The average molecular weight is 385 g/mol. The third-order valence-corrected chi connectivity index (χ3v) is 5.53. The van der Waals surface area contributed by atoms with E-state index in [0.717, 1.165) is 36.2 Å². The Hall–Kier alpha value is -2.61. The van der Waals surface area contributed by atoms with Crippen molar-refractivity contribution in [3.63, 3.8) is 0 Å². The van der Waals surface area contributed by atoms with Crippen molar-refractivity contribution in [1.82, 2.24) is 25.2 Å². The van der Waals surface area contributed by atoms with Crippen LogP contribution in [0.5, 0.6) is 0 Å². The summed E-state index contributed by atoms with van der Waals surface area (Å²) in [6, 6.07) is 6.25. The van der Waals surface area contributed by atoms with E-state index in [0.29, 0.717) is 31.1 Å². The zero-order valence-corrected chi connectivity index (χ0v) is 15.4. The lowest BCUT2D eigenvalue weighted by Crippen LogP contribution is -2.43. The molecule has 1 aliphatic heterocycles. The summed E-state index contributed by atoms with van der Waals surface area (Å²) in [5.41, 5.74) is 0.991. The van der Waals surface area contributed by atoms with Gasteiger partial charge in [0.25, 0.3) is 5.89 Å². The number of aromatic amines is 1. The van der Waals surface area contributed by atoms with Crippen molar-refractivity contribution in [3.8, 4) is 11.3 Å². The van der Waals surface area contributed by atoms with Crippen LogP contribution in [0.4, 0.5) is 8.78 Å². The fourth-order valence-corrected chi connectivity index (χ4v) is 3.87. The van der Waals surface area contributed by atoms with E-state index < -0.39 is 5.67 Å². The minimum absolute atomic E-state index is 0.102. The van der Waals surface area contributed by atoms with Crippen LogP contribution in [0, 0.1) is 5.82 Å². The number of nitrogens with zero attached hydrogens (tertiary/aromatic N) is 4. The molecule has 1 aromatic carbocycles. The molecule has 0 bridgehead atoms. The van der Waals surface area contributed by atoms with E-state index in [-0.39, 0.29) is 18.3 Å². The Balaban J connectivity index is 1.33. The lowest BCUT2D eigenvalue weighted by molar-refractivity contribution is 0.0125. The van der Waals surface area contributed by atoms with Gasteiger partial charge in [-0.05, 0) is 56.5 Å². The molecule has 28 heavy (non-hydrogen) atoms. The Morgan fingerprint density at radius 3 is 2.86 bits per heavy atom. The highest BCUT2D eigenvalue weighted by atomic mass is 19.1. The van der Waals surface area contributed by atoms with Gasteiger partial charge in [-0.2, -0.15) is 10.1 Å². The number of aromatic nitrogens is 4. The number of piperidine rings is 1. The molecule has 3 heterocycles. The second-order valence-electron chi connectivity index (χ2n) is 7.79. The average Bonchev–Trinajstić information content (AvgIpc) is 3.23. The Labute approximate surface area is 160 Å². The van der Waals surface area contributed by atoms with Crippen LogP contribution >= 0.6 is 0 Å². The Bertz CT molecular complexity index is 965. The number of alkyl halides is 1. The molecule has 0 spiro atoms. The quantitative estimate of drug-likeness (QED) is 0.720. The van der Waals surface area contributed by atoms with E-state index in [4.69, 9.17) is 4.52 Å². The van der Waals surface area contributed by atoms with Gasteiger partial charge in [0.2, 0.25) is 5.67 Å². The molecule has 1 atom stereocenters. The molecule has 0 radical (unpaired) electrons. The molecule has 1 saturated heterocycles. The van der Waals surface area contributed by atoms with Crippen LogP contribution in [0.1, 0.15) is 48.9 Å². The minimum atomic E-state index is -1.63. The maximum atomic E-state index is 15.6. The molecule has 1 unspecified atom stereocenters. The van der Waals surface area contributed by atoms with Crippen molar-refractivity contribution in [2.75, 3.05) is 13.1 Å². The van der Waals surface area contributed by atoms with Gasteiger partial charge in [0.1, 0.15) is 5.82 Å². The van der Waals surface area contributed by atoms with Crippen LogP contribution in [0.3, 0.4) is 0 Å². The van der Waals surface area contributed by atoms with Gasteiger partial charge in [0, 0.05) is 30.1 Å². The summed E-state index contributed by atoms with van der Waals surface area (Å²) in [4.78, 5) is 6.38. The largest absolute Gasteiger partial charge is 0.336 e. The smallest absolute Gasteiger partial charge is 0.265 e. The second kappa shape index (κ2) is 6.77. The topological polar surface area (TPSA) is 70.8 Å². The van der Waals surface area contributed by atoms with Crippen LogP contribution in [0.15, 0.2) is 35.0 Å². The van der Waals surface area contributed by atoms with Gasteiger partial charge in [-0.25, -0.2) is 8.78 Å². The Morgan fingerprint density at radius 1 is 1.25 bits per heavy atom. The molecule has 2 fully saturated rings. The molecule has 146 valence electrons. The molecular weight excluding hydrogens is 364 g/mol. The molecule has 1 N–H and O–H groups in total. The second-order valence-corrected chi connectivity index (χ2v) is 7.79. The van der Waals surface area contributed by atoms with E-state index in [2.05, 4.69) is 20.3 Å². The van der Waals surface area contributed by atoms with Crippen LogP contribution in [-0.2, 0) is 12.2 Å². The Kier molecular flexibility index (Phi) is 4.23. The third kappa shape index (κ3) is 3.32. The van der Waals surface area contributed by atoms with Crippen molar-refractivity contribution in [2.24, 2.45) is 0 Å². The van der Waals surface area contributed by atoms with E-state index in [1.807, 2.05) is 4.90 Å². The van der Waals surface area contributed by atoms with Crippen LogP contribution < -0.4 is 0 Å². The summed E-state index contributed by atoms with van der Waals surface area (Å²) in [5.74, 6) is 0.792. The van der Waals surface area contributed by atoms with Gasteiger partial charge >= 0.3 is 0 Å². The van der Waals surface area contributed by atoms with Crippen molar-refractivity contribution < 1.29 is 13.3 Å². The number of halogens is 2. The summed E-state index contributed by atoms with van der Waals surface area (Å²) in [5, 5.41) is 11.1. The van der Waals surface area contributed by atoms with Gasteiger partial charge in [-0.1, -0.05) is 5.16 Å². The van der Waals surface area contributed by atoms with Gasteiger partial charge in [-0.3, -0.25) is 10.00 Å². The number of nitrogens with one attached hydrogen (secondary N) is 1. The van der Waals surface area contributed by atoms with Crippen LogP contribution in [0.25, 0.3) is 11.3 Å². The SMILES string of the molecule is Fc1ccc(-c2[nH]ncc2CN2CCCC(F)(c3nc(C4CC4)no3)C2)cc1. The van der Waals surface area contributed by atoms with Crippen molar-refractivity contribution in [3.05, 3.63) is 53.6 Å². The zero-order chi connectivity index (χ0) is 19.1. The fourth-order valence-electron chi connectivity index (χ4n) is 3.87. The van der Waals surface area contributed by atoms with E-state index >= 15 is 4.39 Å². The first-order chi connectivity index (χ1) is 13.6. The number of rotatable bonds is 5. The van der Waals surface area contributed by atoms with Crippen LogP contribution in [0.2, 0.25) is 0 Å². The van der Waals surface area contributed by atoms with Crippen molar-refractivity contribution in [2.45, 2.75) is 43.8 Å². The monoisotopic (exact) mass is 385 g/mol. The molecule has 1 saturated carbocycles. The predicted octanol–water partition coefficient (Wildman–Crippen LogP) is 3.94. The summed E-state index contributed by atoms with van der Waals surface area (Å²) >= 11 is 0. The van der Waals surface area contributed by atoms with Crippen molar-refractivity contribution >= 4 is 0 Å². The fraction of sp³-hybridized carbons (Fsp3) is 0.450. The first-order valence-electron chi connectivity index (χ1n) is 9.64. The Morgan fingerprint density at radius 2 is 2.07 bits per heavy atom. The normalized spacial score (nSPS) is 23.2. The number of hydrogen-bond acceptors (Lipinski definition) is 5. The number of H-pyrrole nitrogens is 1. The molecule has 2 aliphatic rings. The zero-order valence-electron chi connectivity index (χ0n) is 15.4. The lowest BCUT2D eigenvalue weighted by atomic mass is 9.94. The molecule has 5 rings (SSSR count). The highest BCUT2D eigenvalue weighted by molar-refractivity contribution is 5.62. The molecule has 6 nitrogen and oxygen atoms in total. The summed E-state index contributed by atoms with van der Waals surface area (Å²) in [7, 11) is 0. The molecule has 2 aromatic heterocycles. The number of likely N-dealkylation sites (tertiary alicyclic amines) is 1. The highest BCUT2D eigenvalue weighted by Gasteiger charge is 2.43. The third-order valence-electron chi connectivity index (χ3n) is 5.53. The molecule has 1 aliphatic carbocycles. The van der Waals surface area contributed by atoms with Crippen LogP contribution in [-0.4, -0.2) is 38.3 Å². The van der Waals surface area contributed by atoms with Gasteiger partial charge in [0.05, 0.1) is 11.9 Å². The summed E-state index contributed by atoms with van der Waals surface area (Å²) < 4.78 is 34.1. The van der Waals surface area contributed by atoms with E-state index in [1.165, 1.54) is 12.1 Å². The van der Waals surface area contributed by atoms with Gasteiger partial charge < -0.3 is 4.52 Å². The number of hydrogen-bond donors (Lipinski definition) is 1. The van der Waals surface area contributed by atoms with E-state index in [1.54, 1.807) is 18.3 Å². The predicted molar refractivity (Wildman–Crippen MR) is 97.6 cm³/mol. The molecule has 8 heteroatoms. The van der Waals surface area contributed by atoms with Gasteiger partial charge in [-0.15, -0.1) is 0 Å². The standard InChI is InChI=1S/C20H21F2N5O/c21-16-6-4-13(5-7-16)17-15(10-23-25-17)11-27-9-1-8-20(22,12-27)19-24-18(26-28-19)14-2-3-14/h4-7,10,14H,1-3,8-9,11-12H2,(H,23,25). The van der Waals surface area contributed by atoms with Crippen molar-refractivity contribution in [1.29, 1.82) is 0 Å². The van der Waals surface area contributed by atoms with E-state index in [9.17, 15) is 4.39 Å². The lowest BCUT2D eigenvalue weighted by Gasteiger charge is -2.35. The summed E-state index contributed by atoms with van der Waals surface area (Å²) in [6.45, 7) is 1.52. The maximum Gasteiger partial charge on any atom is 0.265 e. The molecular formula is C20H21F2N5O. The summed E-state index contributed by atoms with van der Waals surface area (Å²) in [6.07, 6.45) is 4.94. The maximum absolute atomic E-state index is 15.6.